The Labute approximate surface area is 199 Å². The van der Waals surface area contributed by atoms with E-state index in [2.05, 4.69) is 5.32 Å². The summed E-state index contributed by atoms with van der Waals surface area (Å²) >= 11 is 0. The molecular formula is C25H28ClNO6. The minimum Gasteiger partial charge on any atom is -0.508 e. The van der Waals surface area contributed by atoms with Crippen LogP contribution in [0.15, 0.2) is 66.7 Å². The van der Waals surface area contributed by atoms with Crippen LogP contribution >= 0.6 is 12.4 Å². The van der Waals surface area contributed by atoms with Crippen molar-refractivity contribution in [2.75, 3.05) is 26.3 Å². The molecule has 0 amide bonds. The van der Waals surface area contributed by atoms with Crippen LogP contribution in [0.1, 0.15) is 28.9 Å². The Bertz CT molecular complexity index is 1040. The zero-order valence-electron chi connectivity index (χ0n) is 18.2. The van der Waals surface area contributed by atoms with Crippen molar-refractivity contribution in [3.8, 4) is 28.4 Å². The fraction of sp³-hybridized carbons (Fsp3) is 0.240. The van der Waals surface area contributed by atoms with E-state index in [1.807, 2.05) is 31.2 Å². The van der Waals surface area contributed by atoms with Crippen molar-refractivity contribution in [3.63, 3.8) is 0 Å². The Hall–Kier alpha value is -3.26. The quantitative estimate of drug-likeness (QED) is 0.308. The number of ether oxygens (including phenoxy) is 2. The van der Waals surface area contributed by atoms with Gasteiger partial charge in [0.05, 0.1) is 12.7 Å². The molecule has 1 atom stereocenters. The summed E-state index contributed by atoms with van der Waals surface area (Å²) in [6.45, 7) is 3.52. The molecule has 3 aromatic carbocycles. The van der Waals surface area contributed by atoms with Crippen LogP contribution in [0.2, 0.25) is 0 Å². The summed E-state index contributed by atoms with van der Waals surface area (Å²) in [5.41, 5.74) is 2.56. The summed E-state index contributed by atoms with van der Waals surface area (Å²) in [6, 6.07) is 19.1. The van der Waals surface area contributed by atoms with Crippen molar-refractivity contribution < 1.29 is 29.6 Å². The average Bonchev–Trinajstić information content (AvgIpc) is 2.79. The topological polar surface area (TPSA) is 108 Å². The highest BCUT2D eigenvalue weighted by Crippen LogP contribution is 2.29. The largest absolute Gasteiger partial charge is 0.508 e. The standard InChI is InChI=1S/C25H27NO6.ClH/c1-2-31-24-15-18(8-11-22(24)25(29)30)17-6-9-21(10-7-17)32-13-12-26-16-23(28)19-4-3-5-20(27)14-19;/h3-11,14-15,23,26-28H,2,12-13,16H2,1H3,(H,29,30);1H/t23-;/m0./s1. The van der Waals surface area contributed by atoms with E-state index in [0.717, 1.165) is 11.1 Å². The van der Waals surface area contributed by atoms with Crippen LogP contribution in [0.5, 0.6) is 17.2 Å². The monoisotopic (exact) mass is 473 g/mol. The van der Waals surface area contributed by atoms with E-state index in [1.165, 1.54) is 6.07 Å². The molecule has 0 aliphatic carbocycles. The smallest absolute Gasteiger partial charge is 0.339 e. The molecule has 0 spiro atoms. The van der Waals surface area contributed by atoms with Gasteiger partial charge in [-0.25, -0.2) is 4.79 Å². The zero-order chi connectivity index (χ0) is 22.9. The van der Waals surface area contributed by atoms with E-state index in [9.17, 15) is 20.1 Å². The highest BCUT2D eigenvalue weighted by Gasteiger charge is 2.12. The predicted octanol–water partition coefficient (Wildman–Crippen LogP) is 4.28. The molecule has 0 saturated carbocycles. The molecule has 4 N–H and O–H groups in total. The third-order valence-electron chi connectivity index (χ3n) is 4.84. The van der Waals surface area contributed by atoms with Crippen LogP contribution in [0.4, 0.5) is 0 Å². The van der Waals surface area contributed by atoms with E-state index in [4.69, 9.17) is 9.47 Å². The van der Waals surface area contributed by atoms with Gasteiger partial charge in [-0.2, -0.15) is 0 Å². The first-order valence-electron chi connectivity index (χ1n) is 10.4. The number of hydrogen-bond donors (Lipinski definition) is 4. The Kier molecular flexibility index (Phi) is 10.00. The van der Waals surface area contributed by atoms with Crippen LogP contribution in [-0.2, 0) is 0 Å². The zero-order valence-corrected chi connectivity index (χ0v) is 19.0. The Morgan fingerprint density at radius 1 is 1.00 bits per heavy atom. The number of halogens is 1. The number of rotatable bonds is 11. The molecule has 0 aliphatic heterocycles. The minimum atomic E-state index is -1.02. The van der Waals surface area contributed by atoms with Gasteiger partial charge in [-0.1, -0.05) is 30.3 Å². The first-order chi connectivity index (χ1) is 15.5. The number of carboxylic acid groups (broad SMARTS) is 1. The van der Waals surface area contributed by atoms with Crippen LogP contribution < -0.4 is 14.8 Å². The first kappa shape index (κ1) is 26.0. The van der Waals surface area contributed by atoms with Gasteiger partial charge in [0.15, 0.2) is 0 Å². The van der Waals surface area contributed by atoms with E-state index in [1.54, 1.807) is 36.4 Å². The predicted molar refractivity (Wildman–Crippen MR) is 129 cm³/mol. The number of phenolic OH excluding ortho intramolecular Hbond substituents is 1. The fourth-order valence-corrected chi connectivity index (χ4v) is 3.23. The molecule has 0 saturated heterocycles. The molecule has 0 aliphatic rings. The second-order valence-electron chi connectivity index (χ2n) is 7.14. The summed E-state index contributed by atoms with van der Waals surface area (Å²) in [5.74, 6) is 0.153. The SMILES string of the molecule is CCOc1cc(-c2ccc(OCCNC[C@H](O)c3cccc(O)c3)cc2)ccc1C(=O)O.Cl. The second-order valence-corrected chi connectivity index (χ2v) is 7.14. The molecule has 0 aromatic heterocycles. The summed E-state index contributed by atoms with van der Waals surface area (Å²) in [7, 11) is 0. The Morgan fingerprint density at radius 3 is 2.39 bits per heavy atom. The maximum absolute atomic E-state index is 11.3. The van der Waals surface area contributed by atoms with E-state index >= 15 is 0 Å². The number of carbonyl (C=O) groups is 1. The molecule has 0 fully saturated rings. The minimum absolute atomic E-state index is 0. The molecule has 0 radical (unpaired) electrons. The first-order valence-corrected chi connectivity index (χ1v) is 10.4. The third-order valence-corrected chi connectivity index (χ3v) is 4.84. The molecule has 0 bridgehead atoms. The lowest BCUT2D eigenvalue weighted by molar-refractivity contribution is 0.0692. The molecule has 3 rings (SSSR count). The van der Waals surface area contributed by atoms with Gasteiger partial charge in [-0.05, 0) is 60.0 Å². The number of benzene rings is 3. The van der Waals surface area contributed by atoms with Gasteiger partial charge < -0.3 is 30.1 Å². The van der Waals surface area contributed by atoms with Crippen molar-refractivity contribution in [3.05, 3.63) is 77.9 Å². The summed E-state index contributed by atoms with van der Waals surface area (Å²) in [6.07, 6.45) is -0.713. The van der Waals surface area contributed by atoms with Crippen molar-refractivity contribution >= 4 is 18.4 Å². The number of carboxylic acids is 1. The normalized spacial score (nSPS) is 11.3. The van der Waals surface area contributed by atoms with Gasteiger partial charge in [-0.3, -0.25) is 0 Å². The van der Waals surface area contributed by atoms with Crippen LogP contribution in [-0.4, -0.2) is 47.6 Å². The van der Waals surface area contributed by atoms with E-state index in [0.29, 0.717) is 43.4 Å². The number of aromatic carboxylic acids is 1. The maximum atomic E-state index is 11.3. The number of phenols is 1. The number of nitrogens with one attached hydrogen (secondary N) is 1. The van der Waals surface area contributed by atoms with E-state index in [-0.39, 0.29) is 23.7 Å². The highest BCUT2D eigenvalue weighted by molar-refractivity contribution is 5.92. The average molecular weight is 474 g/mol. The lowest BCUT2D eigenvalue weighted by Crippen LogP contribution is -2.26. The summed E-state index contributed by atoms with van der Waals surface area (Å²) < 4.78 is 11.2. The Morgan fingerprint density at radius 2 is 1.73 bits per heavy atom. The molecule has 8 heteroatoms. The van der Waals surface area contributed by atoms with Gasteiger partial charge in [-0.15, -0.1) is 12.4 Å². The lowest BCUT2D eigenvalue weighted by atomic mass is 10.0. The van der Waals surface area contributed by atoms with Crippen molar-refractivity contribution in [2.24, 2.45) is 0 Å². The number of aromatic hydroxyl groups is 1. The molecule has 0 heterocycles. The van der Waals surface area contributed by atoms with Crippen LogP contribution in [0, 0.1) is 0 Å². The van der Waals surface area contributed by atoms with Crippen LogP contribution in [0.3, 0.4) is 0 Å². The Balaban J connectivity index is 0.00000385. The summed E-state index contributed by atoms with van der Waals surface area (Å²) in [4.78, 5) is 11.3. The maximum Gasteiger partial charge on any atom is 0.339 e. The van der Waals surface area contributed by atoms with Gasteiger partial charge in [0.1, 0.15) is 29.4 Å². The number of aliphatic hydroxyl groups is 1. The van der Waals surface area contributed by atoms with Gasteiger partial charge in [0.25, 0.3) is 0 Å². The molecule has 0 unspecified atom stereocenters. The van der Waals surface area contributed by atoms with Crippen LogP contribution in [0.25, 0.3) is 11.1 Å². The molecule has 3 aromatic rings. The van der Waals surface area contributed by atoms with Gasteiger partial charge in [0.2, 0.25) is 0 Å². The van der Waals surface area contributed by atoms with Gasteiger partial charge in [0, 0.05) is 13.1 Å². The molecule has 33 heavy (non-hydrogen) atoms. The summed E-state index contributed by atoms with van der Waals surface area (Å²) in [5, 5.41) is 32.0. The fourth-order valence-electron chi connectivity index (χ4n) is 3.23. The van der Waals surface area contributed by atoms with Gasteiger partial charge >= 0.3 is 5.97 Å². The van der Waals surface area contributed by atoms with Crippen molar-refractivity contribution in [1.29, 1.82) is 0 Å². The number of hydrogen-bond acceptors (Lipinski definition) is 6. The highest BCUT2D eigenvalue weighted by atomic mass is 35.5. The third kappa shape index (κ3) is 7.39. The van der Waals surface area contributed by atoms with Crippen molar-refractivity contribution in [2.45, 2.75) is 13.0 Å². The molecule has 176 valence electrons. The molecule has 7 nitrogen and oxygen atoms in total. The van der Waals surface area contributed by atoms with Crippen molar-refractivity contribution in [1.82, 2.24) is 5.32 Å². The lowest BCUT2D eigenvalue weighted by Gasteiger charge is -2.13. The molecular weight excluding hydrogens is 446 g/mol. The van der Waals surface area contributed by atoms with E-state index < -0.39 is 12.1 Å². The second kappa shape index (κ2) is 12.7. The number of aliphatic hydroxyl groups excluding tert-OH is 1.